The minimum Gasteiger partial charge on any atom is -0.316 e. The highest BCUT2D eigenvalue weighted by molar-refractivity contribution is 9.10. The fourth-order valence-electron chi connectivity index (χ4n) is 2.42. The van der Waals surface area contributed by atoms with E-state index in [1.165, 1.54) is 11.3 Å². The number of aromatic nitrogens is 1. The Labute approximate surface area is 142 Å². The van der Waals surface area contributed by atoms with E-state index in [2.05, 4.69) is 31.5 Å². The third-order valence-corrected chi connectivity index (χ3v) is 5.49. The molecule has 2 N–H and O–H groups in total. The van der Waals surface area contributed by atoms with Gasteiger partial charge in [-0.3, -0.25) is 4.79 Å². The number of hydrogen-bond acceptors (Lipinski definition) is 4. The number of aryl methyl sites for hydroxylation is 1. The number of hydrogen-bond donors (Lipinski definition) is 2. The van der Waals surface area contributed by atoms with Crippen LogP contribution in [0.4, 0.5) is 5.13 Å². The van der Waals surface area contributed by atoms with Crippen molar-refractivity contribution >= 4 is 38.3 Å². The van der Waals surface area contributed by atoms with Gasteiger partial charge in [-0.05, 0) is 38.1 Å². The number of benzene rings is 1. The number of carbonyl (C=O) groups excluding carboxylic acids is 1. The second kappa shape index (κ2) is 6.48. The van der Waals surface area contributed by atoms with Gasteiger partial charge in [0.25, 0.3) is 0 Å². The van der Waals surface area contributed by atoms with Crippen molar-refractivity contribution in [3.8, 4) is 11.3 Å². The number of halogens is 1. The maximum absolute atomic E-state index is 12.3. The summed E-state index contributed by atoms with van der Waals surface area (Å²) in [5.41, 5.74) is 2.00. The summed E-state index contributed by atoms with van der Waals surface area (Å²) in [6.45, 7) is 5.87. The first kappa shape index (κ1) is 15.6. The zero-order valence-corrected chi connectivity index (χ0v) is 14.9. The van der Waals surface area contributed by atoms with Crippen LogP contribution in [0.1, 0.15) is 11.8 Å². The van der Waals surface area contributed by atoms with Crippen molar-refractivity contribution in [1.29, 1.82) is 0 Å². The Bertz CT molecular complexity index is 679. The average Bonchev–Trinajstić information content (AvgIpc) is 2.78. The summed E-state index contributed by atoms with van der Waals surface area (Å²) < 4.78 is 1.04. The van der Waals surface area contributed by atoms with Gasteiger partial charge in [0, 0.05) is 20.8 Å². The lowest BCUT2D eigenvalue weighted by molar-refractivity contribution is -0.121. The molecule has 1 aromatic heterocycles. The molecule has 1 aromatic carbocycles. The summed E-state index contributed by atoms with van der Waals surface area (Å²) in [6, 6.07) is 8.05. The van der Waals surface area contributed by atoms with E-state index in [9.17, 15) is 4.79 Å². The number of amides is 1. The highest BCUT2D eigenvalue weighted by atomic mass is 79.9. The van der Waals surface area contributed by atoms with Crippen molar-refractivity contribution < 1.29 is 4.79 Å². The lowest BCUT2D eigenvalue weighted by Gasteiger charge is -2.31. The van der Waals surface area contributed by atoms with Crippen LogP contribution in [-0.4, -0.2) is 24.0 Å². The SMILES string of the molecule is Cc1sc(NC(=O)C(C)C2CNC2)nc1-c1ccc(Br)cc1. The monoisotopic (exact) mass is 379 g/mol. The predicted octanol–water partition coefficient (Wildman–Crippen LogP) is 3.68. The molecular weight excluding hydrogens is 362 g/mol. The standard InChI is InChI=1S/C16H18BrN3OS/c1-9(12-7-18-8-12)15(21)20-16-19-14(10(2)22-16)11-3-5-13(17)6-4-11/h3-6,9,12,18H,7-8H2,1-2H3,(H,19,20,21). The largest absolute Gasteiger partial charge is 0.316 e. The van der Waals surface area contributed by atoms with E-state index in [0.717, 1.165) is 33.7 Å². The Balaban J connectivity index is 1.74. The van der Waals surface area contributed by atoms with Gasteiger partial charge in [0.1, 0.15) is 0 Å². The zero-order valence-electron chi connectivity index (χ0n) is 12.5. The van der Waals surface area contributed by atoms with E-state index in [1.807, 2.05) is 38.1 Å². The van der Waals surface area contributed by atoms with Crippen LogP contribution in [0.3, 0.4) is 0 Å². The highest BCUT2D eigenvalue weighted by Crippen LogP contribution is 2.31. The smallest absolute Gasteiger partial charge is 0.229 e. The minimum absolute atomic E-state index is 0.0154. The van der Waals surface area contributed by atoms with Crippen LogP contribution in [0.5, 0.6) is 0 Å². The molecule has 1 atom stereocenters. The van der Waals surface area contributed by atoms with E-state index in [4.69, 9.17) is 0 Å². The van der Waals surface area contributed by atoms with Gasteiger partial charge in [0.15, 0.2) is 5.13 Å². The molecule has 1 aliphatic rings. The summed E-state index contributed by atoms with van der Waals surface area (Å²) >= 11 is 4.96. The normalized spacial score (nSPS) is 16.1. The number of nitrogens with zero attached hydrogens (tertiary/aromatic N) is 1. The van der Waals surface area contributed by atoms with Crippen LogP contribution in [0.25, 0.3) is 11.3 Å². The molecule has 0 bridgehead atoms. The first-order chi connectivity index (χ1) is 10.5. The fourth-order valence-corrected chi connectivity index (χ4v) is 3.53. The molecule has 0 spiro atoms. The van der Waals surface area contributed by atoms with Crippen LogP contribution in [0, 0.1) is 18.8 Å². The Morgan fingerprint density at radius 3 is 2.68 bits per heavy atom. The van der Waals surface area contributed by atoms with E-state index < -0.39 is 0 Å². The number of nitrogens with one attached hydrogen (secondary N) is 2. The lowest BCUT2D eigenvalue weighted by Crippen LogP contribution is -2.48. The van der Waals surface area contributed by atoms with Crippen molar-refractivity contribution in [2.45, 2.75) is 13.8 Å². The van der Waals surface area contributed by atoms with Crippen molar-refractivity contribution in [1.82, 2.24) is 10.3 Å². The highest BCUT2D eigenvalue weighted by Gasteiger charge is 2.29. The van der Waals surface area contributed by atoms with E-state index >= 15 is 0 Å². The Kier molecular flexibility index (Phi) is 4.61. The predicted molar refractivity (Wildman–Crippen MR) is 94.1 cm³/mol. The summed E-state index contributed by atoms with van der Waals surface area (Å²) in [7, 11) is 0. The molecule has 4 nitrogen and oxygen atoms in total. The van der Waals surface area contributed by atoms with Crippen molar-refractivity contribution in [2.24, 2.45) is 11.8 Å². The molecule has 0 saturated carbocycles. The lowest BCUT2D eigenvalue weighted by atomic mass is 9.88. The van der Waals surface area contributed by atoms with Crippen LogP contribution in [-0.2, 0) is 4.79 Å². The molecule has 0 radical (unpaired) electrons. The maximum atomic E-state index is 12.3. The molecule has 2 heterocycles. The molecule has 2 aromatic rings. The molecule has 1 fully saturated rings. The molecule has 1 saturated heterocycles. The summed E-state index contributed by atoms with van der Waals surface area (Å²) in [6.07, 6.45) is 0. The van der Waals surface area contributed by atoms with Crippen LogP contribution in [0.15, 0.2) is 28.7 Å². The van der Waals surface area contributed by atoms with Crippen LogP contribution >= 0.6 is 27.3 Å². The third-order valence-electron chi connectivity index (χ3n) is 4.08. The summed E-state index contributed by atoms with van der Waals surface area (Å²) in [5.74, 6) is 0.510. The summed E-state index contributed by atoms with van der Waals surface area (Å²) in [5, 5.41) is 6.85. The fraction of sp³-hybridized carbons (Fsp3) is 0.375. The molecule has 1 aliphatic heterocycles. The molecule has 116 valence electrons. The third kappa shape index (κ3) is 3.24. The van der Waals surface area contributed by atoms with Crippen molar-refractivity contribution in [2.75, 3.05) is 18.4 Å². The molecule has 1 unspecified atom stereocenters. The second-order valence-corrected chi connectivity index (χ2v) is 7.75. The van der Waals surface area contributed by atoms with Gasteiger partial charge >= 0.3 is 0 Å². The van der Waals surface area contributed by atoms with E-state index in [0.29, 0.717) is 11.0 Å². The average molecular weight is 380 g/mol. The molecule has 1 amide bonds. The number of anilines is 1. The number of rotatable bonds is 4. The maximum Gasteiger partial charge on any atom is 0.229 e. The minimum atomic E-state index is 0.0154. The summed E-state index contributed by atoms with van der Waals surface area (Å²) in [4.78, 5) is 18.0. The Hall–Kier alpha value is -1.24. The van der Waals surface area contributed by atoms with Gasteiger partial charge in [-0.1, -0.05) is 35.0 Å². The number of thiazole rings is 1. The molecule has 22 heavy (non-hydrogen) atoms. The molecule has 6 heteroatoms. The molecule has 0 aliphatic carbocycles. The topological polar surface area (TPSA) is 54.0 Å². The first-order valence-electron chi connectivity index (χ1n) is 7.29. The number of carbonyl (C=O) groups is 1. The van der Waals surface area contributed by atoms with Gasteiger partial charge in [-0.25, -0.2) is 4.98 Å². The van der Waals surface area contributed by atoms with Gasteiger partial charge in [-0.2, -0.15) is 0 Å². The Morgan fingerprint density at radius 1 is 1.41 bits per heavy atom. The molecule has 3 rings (SSSR count). The van der Waals surface area contributed by atoms with Gasteiger partial charge in [0.2, 0.25) is 5.91 Å². The van der Waals surface area contributed by atoms with E-state index in [-0.39, 0.29) is 11.8 Å². The van der Waals surface area contributed by atoms with Crippen LogP contribution < -0.4 is 10.6 Å². The quantitative estimate of drug-likeness (QED) is 0.851. The van der Waals surface area contributed by atoms with Crippen LogP contribution in [0.2, 0.25) is 0 Å². The second-order valence-electron chi connectivity index (χ2n) is 5.63. The zero-order chi connectivity index (χ0) is 15.7. The van der Waals surface area contributed by atoms with Gasteiger partial charge < -0.3 is 10.6 Å². The van der Waals surface area contributed by atoms with Gasteiger partial charge in [-0.15, -0.1) is 11.3 Å². The first-order valence-corrected chi connectivity index (χ1v) is 8.90. The van der Waals surface area contributed by atoms with Crippen molar-refractivity contribution in [3.63, 3.8) is 0 Å². The molecular formula is C16H18BrN3OS. The van der Waals surface area contributed by atoms with E-state index in [1.54, 1.807) is 0 Å². The Morgan fingerprint density at radius 2 is 2.09 bits per heavy atom. The van der Waals surface area contributed by atoms with Gasteiger partial charge in [0.05, 0.1) is 5.69 Å². The van der Waals surface area contributed by atoms with Crippen molar-refractivity contribution in [3.05, 3.63) is 33.6 Å².